The molecule has 0 spiro atoms. The summed E-state index contributed by atoms with van der Waals surface area (Å²) in [5, 5.41) is 15.5. The third-order valence-corrected chi connectivity index (χ3v) is 5.09. The van der Waals surface area contributed by atoms with Gasteiger partial charge in [0.15, 0.2) is 0 Å². The standard InChI is InChI=1S/C15H24N2O2S/c1-10(2)15-16-12(9-20-15)7-14(19)17-13-6-4-3-5-11(13)8-18/h9-11,13,18H,3-8H2,1-2H3,(H,17,19). The molecule has 4 nitrogen and oxygen atoms in total. The zero-order valence-corrected chi connectivity index (χ0v) is 13.1. The minimum absolute atomic E-state index is 0.0240. The summed E-state index contributed by atoms with van der Waals surface area (Å²) in [6, 6.07) is 0.129. The Kier molecular flexibility index (Phi) is 5.54. The summed E-state index contributed by atoms with van der Waals surface area (Å²) in [4.78, 5) is 16.6. The van der Waals surface area contributed by atoms with Crippen molar-refractivity contribution < 1.29 is 9.90 Å². The number of carbonyl (C=O) groups is 1. The van der Waals surface area contributed by atoms with Gasteiger partial charge in [0, 0.05) is 29.9 Å². The molecule has 0 saturated heterocycles. The molecule has 1 aromatic rings. The van der Waals surface area contributed by atoms with Gasteiger partial charge in [-0.3, -0.25) is 4.79 Å². The van der Waals surface area contributed by atoms with E-state index in [1.165, 1.54) is 0 Å². The van der Waals surface area contributed by atoms with Crippen molar-refractivity contribution in [2.45, 2.75) is 57.9 Å². The van der Waals surface area contributed by atoms with Crippen LogP contribution >= 0.6 is 11.3 Å². The number of aliphatic hydroxyl groups is 1. The van der Waals surface area contributed by atoms with Gasteiger partial charge in [-0.1, -0.05) is 26.7 Å². The zero-order chi connectivity index (χ0) is 14.5. The van der Waals surface area contributed by atoms with Gasteiger partial charge in [0.2, 0.25) is 5.91 Å². The number of rotatable bonds is 5. The summed E-state index contributed by atoms with van der Waals surface area (Å²) < 4.78 is 0. The Morgan fingerprint density at radius 3 is 2.90 bits per heavy atom. The van der Waals surface area contributed by atoms with Crippen LogP contribution in [0, 0.1) is 5.92 Å². The van der Waals surface area contributed by atoms with E-state index in [-0.39, 0.29) is 24.5 Å². The molecule has 0 bridgehead atoms. The first kappa shape index (κ1) is 15.4. The smallest absolute Gasteiger partial charge is 0.226 e. The molecule has 1 fully saturated rings. The molecule has 1 saturated carbocycles. The predicted octanol–water partition coefficient (Wildman–Crippen LogP) is 2.48. The fraction of sp³-hybridized carbons (Fsp3) is 0.733. The Labute approximate surface area is 124 Å². The second-order valence-electron chi connectivity index (χ2n) is 5.91. The molecule has 1 aliphatic carbocycles. The van der Waals surface area contributed by atoms with Gasteiger partial charge in [0.05, 0.1) is 17.1 Å². The highest BCUT2D eigenvalue weighted by Gasteiger charge is 2.25. The maximum atomic E-state index is 12.1. The van der Waals surface area contributed by atoms with Crippen molar-refractivity contribution in [3.8, 4) is 0 Å². The molecule has 20 heavy (non-hydrogen) atoms. The number of aromatic nitrogens is 1. The lowest BCUT2D eigenvalue weighted by atomic mass is 9.85. The van der Waals surface area contributed by atoms with E-state index in [2.05, 4.69) is 24.1 Å². The highest BCUT2D eigenvalue weighted by atomic mass is 32.1. The van der Waals surface area contributed by atoms with Crippen LogP contribution in [0.5, 0.6) is 0 Å². The van der Waals surface area contributed by atoms with Crippen LogP contribution in [0.15, 0.2) is 5.38 Å². The first-order valence-corrected chi connectivity index (χ1v) is 8.32. The second-order valence-corrected chi connectivity index (χ2v) is 6.80. The Hall–Kier alpha value is -0.940. The van der Waals surface area contributed by atoms with Crippen LogP contribution in [0.25, 0.3) is 0 Å². The summed E-state index contributed by atoms with van der Waals surface area (Å²) in [5.41, 5.74) is 0.854. The Morgan fingerprint density at radius 1 is 1.50 bits per heavy atom. The Morgan fingerprint density at radius 2 is 2.25 bits per heavy atom. The number of carbonyl (C=O) groups excluding carboxylic acids is 1. The van der Waals surface area contributed by atoms with Crippen LogP contribution in [-0.4, -0.2) is 28.6 Å². The number of nitrogens with zero attached hydrogens (tertiary/aromatic N) is 1. The van der Waals surface area contributed by atoms with E-state index >= 15 is 0 Å². The largest absolute Gasteiger partial charge is 0.396 e. The minimum atomic E-state index is 0.0240. The van der Waals surface area contributed by atoms with Crippen LogP contribution in [0.4, 0.5) is 0 Å². The number of nitrogens with one attached hydrogen (secondary N) is 1. The van der Waals surface area contributed by atoms with E-state index in [1.54, 1.807) is 11.3 Å². The van der Waals surface area contributed by atoms with Gasteiger partial charge in [0.25, 0.3) is 0 Å². The van der Waals surface area contributed by atoms with Crippen molar-refractivity contribution in [1.29, 1.82) is 0 Å². The molecule has 1 heterocycles. The first-order chi connectivity index (χ1) is 9.60. The van der Waals surface area contributed by atoms with E-state index < -0.39 is 0 Å². The molecule has 0 radical (unpaired) electrons. The highest BCUT2D eigenvalue weighted by molar-refractivity contribution is 7.09. The molecular formula is C15H24N2O2S. The topological polar surface area (TPSA) is 62.2 Å². The van der Waals surface area contributed by atoms with Gasteiger partial charge < -0.3 is 10.4 Å². The van der Waals surface area contributed by atoms with Gasteiger partial charge in [-0.2, -0.15) is 0 Å². The quantitative estimate of drug-likeness (QED) is 0.877. The van der Waals surface area contributed by atoms with E-state index in [9.17, 15) is 9.90 Å². The summed E-state index contributed by atoms with van der Waals surface area (Å²) in [6.07, 6.45) is 4.62. The van der Waals surface area contributed by atoms with Crippen LogP contribution in [0.1, 0.15) is 56.2 Å². The number of hydrogen-bond acceptors (Lipinski definition) is 4. The Bertz CT molecular complexity index is 445. The fourth-order valence-corrected chi connectivity index (χ4v) is 3.54. The molecule has 0 aliphatic heterocycles. The summed E-state index contributed by atoms with van der Waals surface area (Å²) in [7, 11) is 0. The van der Waals surface area contributed by atoms with Crippen molar-refractivity contribution >= 4 is 17.2 Å². The fourth-order valence-electron chi connectivity index (χ4n) is 2.71. The first-order valence-electron chi connectivity index (χ1n) is 7.44. The van der Waals surface area contributed by atoms with Gasteiger partial charge in [-0.15, -0.1) is 11.3 Å². The molecule has 1 aromatic heterocycles. The number of aliphatic hydroxyl groups excluding tert-OH is 1. The molecule has 2 unspecified atom stereocenters. The molecule has 2 rings (SSSR count). The molecule has 1 amide bonds. The van der Waals surface area contributed by atoms with Crippen molar-refractivity contribution in [2.75, 3.05) is 6.61 Å². The monoisotopic (exact) mass is 296 g/mol. The average Bonchev–Trinajstić information content (AvgIpc) is 2.88. The lowest BCUT2D eigenvalue weighted by molar-refractivity contribution is -0.121. The second kappa shape index (κ2) is 7.18. The van der Waals surface area contributed by atoms with E-state index in [1.807, 2.05) is 5.38 Å². The predicted molar refractivity (Wildman–Crippen MR) is 80.9 cm³/mol. The third kappa shape index (κ3) is 4.03. The van der Waals surface area contributed by atoms with Crippen LogP contribution in [0.3, 0.4) is 0 Å². The highest BCUT2D eigenvalue weighted by Crippen LogP contribution is 2.24. The summed E-state index contributed by atoms with van der Waals surface area (Å²) >= 11 is 1.62. The number of hydrogen-bond donors (Lipinski definition) is 2. The van der Waals surface area contributed by atoms with Gasteiger partial charge in [0.1, 0.15) is 0 Å². The molecule has 5 heteroatoms. The van der Waals surface area contributed by atoms with Crippen molar-refractivity contribution in [2.24, 2.45) is 5.92 Å². The molecule has 112 valence electrons. The minimum Gasteiger partial charge on any atom is -0.396 e. The van der Waals surface area contributed by atoms with E-state index in [0.717, 1.165) is 36.4 Å². The summed E-state index contributed by atoms with van der Waals surface area (Å²) in [5.74, 6) is 0.652. The van der Waals surface area contributed by atoms with Gasteiger partial charge in [-0.05, 0) is 12.8 Å². The van der Waals surface area contributed by atoms with E-state index in [0.29, 0.717) is 12.3 Å². The number of thiazole rings is 1. The van der Waals surface area contributed by atoms with Crippen LogP contribution < -0.4 is 5.32 Å². The van der Waals surface area contributed by atoms with E-state index in [4.69, 9.17) is 0 Å². The third-order valence-electron chi connectivity index (χ3n) is 3.90. The maximum absolute atomic E-state index is 12.1. The molecule has 2 atom stereocenters. The maximum Gasteiger partial charge on any atom is 0.226 e. The number of amides is 1. The molecule has 2 N–H and O–H groups in total. The van der Waals surface area contributed by atoms with Crippen molar-refractivity contribution in [3.05, 3.63) is 16.1 Å². The Balaban J connectivity index is 1.87. The lowest BCUT2D eigenvalue weighted by Gasteiger charge is -2.30. The van der Waals surface area contributed by atoms with Crippen molar-refractivity contribution in [1.82, 2.24) is 10.3 Å². The molecular weight excluding hydrogens is 272 g/mol. The summed E-state index contributed by atoms with van der Waals surface area (Å²) in [6.45, 7) is 4.38. The SMILES string of the molecule is CC(C)c1nc(CC(=O)NC2CCCCC2CO)cs1. The normalized spacial score (nSPS) is 23.0. The average molecular weight is 296 g/mol. The zero-order valence-electron chi connectivity index (χ0n) is 12.3. The van der Waals surface area contributed by atoms with Crippen molar-refractivity contribution in [3.63, 3.8) is 0 Å². The molecule has 1 aliphatic rings. The van der Waals surface area contributed by atoms with Crippen LogP contribution in [-0.2, 0) is 11.2 Å². The lowest BCUT2D eigenvalue weighted by Crippen LogP contribution is -2.44. The molecule has 0 aromatic carbocycles. The van der Waals surface area contributed by atoms with Crippen LogP contribution in [0.2, 0.25) is 0 Å². The van der Waals surface area contributed by atoms with Gasteiger partial charge >= 0.3 is 0 Å². The van der Waals surface area contributed by atoms with Gasteiger partial charge in [-0.25, -0.2) is 4.98 Å².